The first-order valence-corrected chi connectivity index (χ1v) is 9.44. The Hall–Kier alpha value is -2.83. The highest BCUT2D eigenvalue weighted by molar-refractivity contribution is 5.94. The van der Waals surface area contributed by atoms with Crippen molar-refractivity contribution in [1.29, 1.82) is 0 Å². The standard InChI is InChI=1S/C22H23FN4O/c1-16(28)17-2-4-18(5-3-17)21-14-25-15-22(19-6-8-20(23)9-7-19)27(21)26-12-10-24-11-13-26/h2-12,21-22,25H,13-15H2,1H3. The van der Waals surface area contributed by atoms with Crippen molar-refractivity contribution in [2.24, 2.45) is 4.99 Å². The van der Waals surface area contributed by atoms with E-state index in [0.717, 1.165) is 24.2 Å². The summed E-state index contributed by atoms with van der Waals surface area (Å²) in [6.07, 6.45) is 5.63. The van der Waals surface area contributed by atoms with Crippen molar-refractivity contribution in [2.75, 3.05) is 19.6 Å². The van der Waals surface area contributed by atoms with Gasteiger partial charge in [-0.05, 0) is 30.2 Å². The first-order chi connectivity index (χ1) is 13.6. The number of halogens is 1. The molecule has 2 heterocycles. The van der Waals surface area contributed by atoms with Gasteiger partial charge < -0.3 is 10.3 Å². The normalized spacial score (nSPS) is 22.4. The molecule has 0 amide bonds. The number of nitrogens with one attached hydrogen (secondary N) is 1. The molecule has 2 aliphatic heterocycles. The third-order valence-electron chi connectivity index (χ3n) is 5.27. The molecule has 2 atom stereocenters. The highest BCUT2D eigenvalue weighted by Gasteiger charge is 2.35. The minimum absolute atomic E-state index is 0.0444. The number of benzene rings is 2. The van der Waals surface area contributed by atoms with E-state index < -0.39 is 0 Å². The van der Waals surface area contributed by atoms with Gasteiger partial charge in [-0.1, -0.05) is 36.4 Å². The molecule has 28 heavy (non-hydrogen) atoms. The van der Waals surface area contributed by atoms with Crippen molar-refractivity contribution >= 4 is 12.0 Å². The lowest BCUT2D eigenvalue weighted by atomic mass is 9.96. The lowest BCUT2D eigenvalue weighted by Crippen LogP contribution is -2.54. The Morgan fingerprint density at radius 1 is 1.04 bits per heavy atom. The summed E-state index contributed by atoms with van der Waals surface area (Å²) >= 11 is 0. The molecule has 1 N–H and O–H groups in total. The number of hydrazine groups is 1. The van der Waals surface area contributed by atoms with Gasteiger partial charge in [-0.15, -0.1) is 0 Å². The van der Waals surface area contributed by atoms with Gasteiger partial charge in [-0.25, -0.2) is 9.40 Å². The highest BCUT2D eigenvalue weighted by Crippen LogP contribution is 2.35. The number of Topliss-reactive ketones (excluding diaryl/α,β-unsaturated/α-hetero) is 1. The van der Waals surface area contributed by atoms with Crippen LogP contribution >= 0.6 is 0 Å². The number of piperazine rings is 1. The summed E-state index contributed by atoms with van der Waals surface area (Å²) in [4.78, 5) is 15.8. The van der Waals surface area contributed by atoms with Crippen molar-refractivity contribution in [3.05, 3.63) is 83.4 Å². The predicted molar refractivity (Wildman–Crippen MR) is 107 cm³/mol. The van der Waals surface area contributed by atoms with Crippen LogP contribution in [0.2, 0.25) is 0 Å². The van der Waals surface area contributed by atoms with Gasteiger partial charge in [0.1, 0.15) is 5.82 Å². The van der Waals surface area contributed by atoms with Gasteiger partial charge in [0.05, 0.1) is 18.6 Å². The van der Waals surface area contributed by atoms with Crippen LogP contribution in [-0.2, 0) is 0 Å². The Kier molecular flexibility index (Phi) is 5.32. The molecule has 0 spiro atoms. The third-order valence-corrected chi connectivity index (χ3v) is 5.27. The van der Waals surface area contributed by atoms with Crippen LogP contribution in [0.3, 0.4) is 0 Å². The Morgan fingerprint density at radius 3 is 2.18 bits per heavy atom. The molecule has 6 heteroatoms. The maximum absolute atomic E-state index is 13.5. The second-order valence-electron chi connectivity index (χ2n) is 7.05. The third kappa shape index (κ3) is 3.74. The summed E-state index contributed by atoms with van der Waals surface area (Å²) in [7, 11) is 0. The zero-order valence-corrected chi connectivity index (χ0v) is 15.8. The van der Waals surface area contributed by atoms with Crippen molar-refractivity contribution in [2.45, 2.75) is 19.0 Å². The lowest BCUT2D eigenvalue weighted by Gasteiger charge is -2.48. The molecule has 2 aromatic carbocycles. The van der Waals surface area contributed by atoms with E-state index >= 15 is 0 Å². The molecule has 1 fully saturated rings. The van der Waals surface area contributed by atoms with Gasteiger partial charge in [-0.3, -0.25) is 9.79 Å². The fraction of sp³-hybridized carbons (Fsp3) is 0.273. The number of rotatable bonds is 4. The van der Waals surface area contributed by atoms with E-state index in [1.807, 2.05) is 48.8 Å². The summed E-state index contributed by atoms with van der Waals surface area (Å²) in [6, 6.07) is 14.6. The van der Waals surface area contributed by atoms with Gasteiger partial charge >= 0.3 is 0 Å². The van der Waals surface area contributed by atoms with Crippen LogP contribution in [0.5, 0.6) is 0 Å². The van der Waals surface area contributed by atoms with Crippen LogP contribution in [0.1, 0.15) is 40.5 Å². The first kappa shape index (κ1) is 18.5. The maximum Gasteiger partial charge on any atom is 0.159 e. The highest BCUT2D eigenvalue weighted by atomic mass is 19.1. The Balaban J connectivity index is 1.70. The maximum atomic E-state index is 13.5. The van der Waals surface area contributed by atoms with Gasteiger partial charge in [0.15, 0.2) is 5.78 Å². The molecule has 5 nitrogen and oxygen atoms in total. The minimum Gasteiger partial charge on any atom is -0.313 e. The van der Waals surface area contributed by atoms with E-state index in [2.05, 4.69) is 20.3 Å². The molecule has 1 saturated heterocycles. The summed E-state index contributed by atoms with van der Waals surface area (Å²) in [5.41, 5.74) is 2.88. The van der Waals surface area contributed by atoms with Gasteiger partial charge in [-0.2, -0.15) is 0 Å². The monoisotopic (exact) mass is 378 g/mol. The molecular weight excluding hydrogens is 355 g/mol. The molecule has 2 aliphatic rings. The van der Waals surface area contributed by atoms with E-state index in [1.54, 1.807) is 13.1 Å². The minimum atomic E-state index is -0.236. The van der Waals surface area contributed by atoms with Gasteiger partial charge in [0, 0.05) is 37.3 Å². The molecule has 144 valence electrons. The van der Waals surface area contributed by atoms with Gasteiger partial charge in [0.2, 0.25) is 0 Å². The van der Waals surface area contributed by atoms with E-state index in [1.165, 1.54) is 12.1 Å². The van der Waals surface area contributed by atoms with Gasteiger partial charge in [0.25, 0.3) is 0 Å². The summed E-state index contributed by atoms with van der Waals surface area (Å²) in [6.45, 7) is 3.79. The molecule has 0 radical (unpaired) electrons. The van der Waals surface area contributed by atoms with E-state index in [9.17, 15) is 9.18 Å². The van der Waals surface area contributed by atoms with Crippen LogP contribution < -0.4 is 5.32 Å². The Labute approximate surface area is 164 Å². The summed E-state index contributed by atoms with van der Waals surface area (Å²) in [5, 5.41) is 8.00. The zero-order valence-electron chi connectivity index (χ0n) is 15.8. The van der Waals surface area contributed by atoms with Crippen molar-refractivity contribution in [3.63, 3.8) is 0 Å². The Morgan fingerprint density at radius 2 is 1.64 bits per heavy atom. The molecule has 0 aromatic heterocycles. The van der Waals surface area contributed by atoms with Crippen molar-refractivity contribution in [1.82, 2.24) is 15.3 Å². The average molecular weight is 378 g/mol. The second kappa shape index (κ2) is 8.04. The number of carbonyl (C=O) groups is 1. The SMILES string of the molecule is CC(=O)c1ccc(C2CNCC(c3ccc(F)cc3)N2N2C=CN=CC2)cc1. The van der Waals surface area contributed by atoms with Crippen LogP contribution in [0, 0.1) is 5.82 Å². The number of nitrogens with zero attached hydrogens (tertiary/aromatic N) is 3. The van der Waals surface area contributed by atoms with Crippen LogP contribution in [0.25, 0.3) is 0 Å². The second-order valence-corrected chi connectivity index (χ2v) is 7.05. The first-order valence-electron chi connectivity index (χ1n) is 9.44. The van der Waals surface area contributed by atoms with Crippen molar-refractivity contribution in [3.8, 4) is 0 Å². The quantitative estimate of drug-likeness (QED) is 0.828. The lowest BCUT2D eigenvalue weighted by molar-refractivity contribution is -0.0698. The Bertz CT molecular complexity index is 892. The number of hydrogen-bond donors (Lipinski definition) is 1. The molecular formula is C22H23FN4O. The molecule has 4 rings (SSSR count). The topological polar surface area (TPSA) is 47.9 Å². The van der Waals surface area contributed by atoms with E-state index in [4.69, 9.17) is 0 Å². The predicted octanol–water partition coefficient (Wildman–Crippen LogP) is 3.49. The molecule has 0 aliphatic carbocycles. The summed E-state index contributed by atoms with van der Waals surface area (Å²) < 4.78 is 13.5. The van der Waals surface area contributed by atoms with E-state index in [0.29, 0.717) is 12.1 Å². The number of carbonyl (C=O) groups excluding carboxylic acids is 1. The van der Waals surface area contributed by atoms with Crippen LogP contribution in [0.15, 0.2) is 65.9 Å². The number of aliphatic imine (C=N–C) groups is 1. The number of ketones is 1. The fourth-order valence-electron chi connectivity index (χ4n) is 3.82. The van der Waals surface area contributed by atoms with E-state index in [-0.39, 0.29) is 23.7 Å². The largest absolute Gasteiger partial charge is 0.313 e. The summed E-state index contributed by atoms with van der Waals surface area (Å²) in [5.74, 6) is -0.176. The fourth-order valence-corrected chi connectivity index (χ4v) is 3.82. The molecule has 2 unspecified atom stereocenters. The number of hydrogen-bond acceptors (Lipinski definition) is 5. The van der Waals surface area contributed by atoms with Crippen LogP contribution in [0.4, 0.5) is 4.39 Å². The molecule has 2 aromatic rings. The zero-order chi connectivity index (χ0) is 19.5. The molecule has 0 saturated carbocycles. The van der Waals surface area contributed by atoms with Crippen LogP contribution in [-0.4, -0.2) is 41.6 Å². The molecule has 0 bridgehead atoms. The van der Waals surface area contributed by atoms with Crippen molar-refractivity contribution < 1.29 is 9.18 Å². The smallest absolute Gasteiger partial charge is 0.159 e. The average Bonchev–Trinajstić information content (AvgIpc) is 2.74.